The van der Waals surface area contributed by atoms with Gasteiger partial charge in [-0.2, -0.15) is 0 Å². The maximum absolute atomic E-state index is 12.8. The fourth-order valence-corrected chi connectivity index (χ4v) is 5.02. The number of nitrogens with zero attached hydrogens (tertiary/aromatic N) is 1. The van der Waals surface area contributed by atoms with E-state index in [9.17, 15) is 14.4 Å². The van der Waals surface area contributed by atoms with Gasteiger partial charge in [-0.1, -0.05) is 53.0 Å². The summed E-state index contributed by atoms with van der Waals surface area (Å²) in [5.41, 5.74) is 3.12. The van der Waals surface area contributed by atoms with Gasteiger partial charge in [0.15, 0.2) is 5.75 Å². The minimum atomic E-state index is -0.577. The number of carbonyl (C=O) groups excluding carboxylic acids is 3. The summed E-state index contributed by atoms with van der Waals surface area (Å²) in [6.07, 6.45) is 1.51. The maximum Gasteiger partial charge on any atom is 0.294 e. The number of hydrogen-bond donors (Lipinski definition) is 1. The van der Waals surface area contributed by atoms with Crippen molar-refractivity contribution in [2.45, 2.75) is 13.5 Å². The third-order valence-electron chi connectivity index (χ3n) is 5.33. The number of benzene rings is 3. The molecule has 1 saturated heterocycles. The van der Waals surface area contributed by atoms with Crippen LogP contribution in [0.2, 0.25) is 10.0 Å². The van der Waals surface area contributed by atoms with Crippen LogP contribution in [0.1, 0.15) is 16.7 Å². The summed E-state index contributed by atoms with van der Waals surface area (Å²) in [6.45, 7) is 1.87. The highest BCUT2D eigenvalue weighted by molar-refractivity contribution is 8.18. The molecule has 1 N–H and O–H groups in total. The van der Waals surface area contributed by atoms with Crippen LogP contribution in [0.15, 0.2) is 65.6 Å². The summed E-state index contributed by atoms with van der Waals surface area (Å²) >= 11 is 13.6. The van der Waals surface area contributed by atoms with Gasteiger partial charge in [0.05, 0.1) is 22.1 Å². The topological polar surface area (TPSA) is 84.9 Å². The van der Waals surface area contributed by atoms with E-state index in [0.717, 1.165) is 27.8 Å². The highest BCUT2D eigenvalue weighted by atomic mass is 35.5. The molecule has 0 aliphatic carbocycles. The molecule has 4 rings (SSSR count). The highest BCUT2D eigenvalue weighted by Crippen LogP contribution is 2.37. The third kappa shape index (κ3) is 6.65. The lowest BCUT2D eigenvalue weighted by atomic mass is 10.1. The lowest BCUT2D eigenvalue weighted by Gasteiger charge is -2.13. The number of ether oxygens (including phenoxy) is 2. The van der Waals surface area contributed by atoms with E-state index in [0.29, 0.717) is 22.7 Å². The number of rotatable bonds is 8. The SMILES string of the molecule is COc1ccc(NC(=O)CN2C(=O)S/C(=C/c3cc(Cl)c(OCc4cccc(C)c4)c(Cl)c3)C2=O)cc1. The first-order chi connectivity index (χ1) is 17.7. The number of imide groups is 1. The summed E-state index contributed by atoms with van der Waals surface area (Å²) in [5.74, 6) is -0.118. The van der Waals surface area contributed by atoms with Crippen LogP contribution in [0.3, 0.4) is 0 Å². The number of thioether (sulfide) groups is 1. The van der Waals surface area contributed by atoms with Gasteiger partial charge in [-0.15, -0.1) is 0 Å². The van der Waals surface area contributed by atoms with Crippen LogP contribution in [0, 0.1) is 6.92 Å². The number of methoxy groups -OCH3 is 1. The van der Waals surface area contributed by atoms with Crippen LogP contribution in [0.25, 0.3) is 6.08 Å². The molecule has 37 heavy (non-hydrogen) atoms. The second-order valence-corrected chi connectivity index (χ2v) is 9.94. The molecule has 10 heteroatoms. The Kier molecular flexibility index (Phi) is 8.43. The largest absolute Gasteiger partial charge is 0.497 e. The number of carbonyl (C=O) groups is 3. The minimum absolute atomic E-state index is 0.155. The predicted molar refractivity (Wildman–Crippen MR) is 146 cm³/mol. The zero-order valence-electron chi connectivity index (χ0n) is 19.9. The summed E-state index contributed by atoms with van der Waals surface area (Å²) in [6, 6.07) is 17.8. The van der Waals surface area contributed by atoms with E-state index in [2.05, 4.69) is 5.32 Å². The van der Waals surface area contributed by atoms with Gasteiger partial charge in [-0.25, -0.2) is 0 Å². The molecule has 1 heterocycles. The molecular weight excluding hydrogens is 535 g/mol. The molecule has 0 saturated carbocycles. The lowest BCUT2D eigenvalue weighted by molar-refractivity contribution is -0.127. The molecule has 3 amide bonds. The first-order valence-corrected chi connectivity index (χ1v) is 12.7. The normalized spacial score (nSPS) is 14.3. The molecule has 7 nitrogen and oxygen atoms in total. The number of amides is 3. The predicted octanol–water partition coefficient (Wildman–Crippen LogP) is 6.56. The fourth-order valence-electron chi connectivity index (χ4n) is 3.56. The van der Waals surface area contributed by atoms with E-state index in [1.807, 2.05) is 31.2 Å². The zero-order valence-corrected chi connectivity index (χ0v) is 22.2. The van der Waals surface area contributed by atoms with E-state index < -0.39 is 23.6 Å². The van der Waals surface area contributed by atoms with Crippen molar-refractivity contribution in [1.29, 1.82) is 0 Å². The number of anilines is 1. The Hall–Kier alpha value is -3.46. The van der Waals surface area contributed by atoms with Crippen molar-refractivity contribution in [2.24, 2.45) is 0 Å². The Balaban J connectivity index is 1.42. The minimum Gasteiger partial charge on any atom is -0.497 e. The van der Waals surface area contributed by atoms with Gasteiger partial charge in [0.1, 0.15) is 18.9 Å². The maximum atomic E-state index is 12.8. The number of aryl methyl sites for hydroxylation is 1. The average Bonchev–Trinajstić information content (AvgIpc) is 3.11. The van der Waals surface area contributed by atoms with E-state index in [1.54, 1.807) is 36.4 Å². The first kappa shape index (κ1) is 26.6. The Labute approximate surface area is 228 Å². The Morgan fingerprint density at radius 2 is 1.76 bits per heavy atom. The second kappa shape index (κ2) is 11.7. The molecule has 1 aliphatic heterocycles. The Bertz CT molecular complexity index is 1370. The molecule has 0 radical (unpaired) electrons. The van der Waals surface area contributed by atoms with E-state index in [4.69, 9.17) is 32.7 Å². The monoisotopic (exact) mass is 556 g/mol. The molecule has 3 aromatic carbocycles. The summed E-state index contributed by atoms with van der Waals surface area (Å²) in [7, 11) is 1.54. The van der Waals surface area contributed by atoms with E-state index in [-0.39, 0.29) is 21.6 Å². The highest BCUT2D eigenvalue weighted by Gasteiger charge is 2.36. The molecule has 0 bridgehead atoms. The van der Waals surface area contributed by atoms with E-state index >= 15 is 0 Å². The lowest BCUT2D eigenvalue weighted by Crippen LogP contribution is -2.36. The van der Waals surface area contributed by atoms with Crippen LogP contribution in [0.4, 0.5) is 10.5 Å². The Morgan fingerprint density at radius 1 is 1.05 bits per heavy atom. The first-order valence-electron chi connectivity index (χ1n) is 11.1. The van der Waals surface area contributed by atoms with Gasteiger partial charge in [0, 0.05) is 5.69 Å². The molecule has 0 atom stereocenters. The van der Waals surface area contributed by atoms with Gasteiger partial charge in [-0.3, -0.25) is 19.3 Å². The molecule has 1 fully saturated rings. The average molecular weight is 557 g/mol. The van der Waals surface area contributed by atoms with Gasteiger partial charge in [0.25, 0.3) is 11.1 Å². The van der Waals surface area contributed by atoms with Crippen LogP contribution in [0.5, 0.6) is 11.5 Å². The van der Waals surface area contributed by atoms with Gasteiger partial charge in [-0.05, 0) is 72.3 Å². The molecule has 190 valence electrons. The molecule has 1 aliphatic rings. The van der Waals surface area contributed by atoms with Gasteiger partial charge < -0.3 is 14.8 Å². The fraction of sp³-hybridized carbons (Fsp3) is 0.148. The van der Waals surface area contributed by atoms with Crippen molar-refractivity contribution in [3.63, 3.8) is 0 Å². The van der Waals surface area contributed by atoms with Crippen LogP contribution in [-0.2, 0) is 16.2 Å². The van der Waals surface area contributed by atoms with Crippen molar-refractivity contribution in [3.05, 3.63) is 92.3 Å². The standard InChI is InChI=1S/C27H22Cl2N2O5S/c1-16-4-3-5-17(10-16)15-36-25-21(28)11-18(12-22(25)29)13-23-26(33)31(27(34)37-23)14-24(32)30-19-6-8-20(35-2)9-7-19/h3-13H,14-15H2,1-2H3,(H,30,32)/b23-13+. The van der Waals surface area contributed by atoms with Crippen molar-refractivity contribution >= 4 is 63.8 Å². The van der Waals surface area contributed by atoms with E-state index in [1.165, 1.54) is 13.2 Å². The number of hydrogen-bond acceptors (Lipinski definition) is 6. The van der Waals surface area contributed by atoms with Crippen molar-refractivity contribution in [2.75, 3.05) is 19.0 Å². The zero-order chi connectivity index (χ0) is 26.5. The van der Waals surface area contributed by atoms with Gasteiger partial charge in [0.2, 0.25) is 5.91 Å². The third-order valence-corrected chi connectivity index (χ3v) is 6.80. The molecule has 0 spiro atoms. The summed E-state index contributed by atoms with van der Waals surface area (Å²) in [5, 5.41) is 2.65. The van der Waals surface area contributed by atoms with Crippen LogP contribution >= 0.6 is 35.0 Å². The Morgan fingerprint density at radius 3 is 2.41 bits per heavy atom. The van der Waals surface area contributed by atoms with Crippen molar-refractivity contribution in [1.82, 2.24) is 4.90 Å². The van der Waals surface area contributed by atoms with Gasteiger partial charge >= 0.3 is 0 Å². The molecule has 0 unspecified atom stereocenters. The molecule has 0 aromatic heterocycles. The molecular formula is C27H22Cl2N2O5S. The number of nitrogens with one attached hydrogen (secondary N) is 1. The van der Waals surface area contributed by atoms with Crippen LogP contribution in [-0.4, -0.2) is 35.6 Å². The summed E-state index contributed by atoms with van der Waals surface area (Å²) < 4.78 is 10.9. The quantitative estimate of drug-likeness (QED) is 0.316. The van der Waals surface area contributed by atoms with Crippen molar-refractivity contribution < 1.29 is 23.9 Å². The second-order valence-electron chi connectivity index (χ2n) is 8.14. The summed E-state index contributed by atoms with van der Waals surface area (Å²) in [4.78, 5) is 38.8. The van der Waals surface area contributed by atoms with Crippen molar-refractivity contribution in [3.8, 4) is 11.5 Å². The number of halogens is 2. The smallest absolute Gasteiger partial charge is 0.294 e. The molecule has 3 aromatic rings. The van der Waals surface area contributed by atoms with Crippen LogP contribution < -0.4 is 14.8 Å².